The largest absolute Gasteiger partial charge is 0.444 e. The van der Waals surface area contributed by atoms with Gasteiger partial charge in [0.05, 0.1) is 6.61 Å². The van der Waals surface area contributed by atoms with Crippen molar-refractivity contribution in [2.75, 3.05) is 13.2 Å². The number of hydrogen-bond acceptors (Lipinski definition) is 4. The Hall–Kier alpha value is -0.810. The van der Waals surface area contributed by atoms with Crippen LogP contribution < -0.4 is 11.1 Å². The molecule has 0 bridgehead atoms. The lowest BCUT2D eigenvalue weighted by Gasteiger charge is -2.19. The molecule has 0 aromatic carbocycles. The van der Waals surface area contributed by atoms with Crippen LogP contribution in [0.2, 0.25) is 0 Å². The minimum absolute atomic E-state index is 0.310. The molecule has 0 aliphatic heterocycles. The van der Waals surface area contributed by atoms with Crippen molar-refractivity contribution < 1.29 is 14.3 Å². The first kappa shape index (κ1) is 13.2. The molecule has 5 heteroatoms. The molecule has 14 heavy (non-hydrogen) atoms. The van der Waals surface area contributed by atoms with Gasteiger partial charge in [-0.25, -0.2) is 4.79 Å². The van der Waals surface area contributed by atoms with Crippen molar-refractivity contribution >= 4 is 6.09 Å². The Morgan fingerprint density at radius 1 is 1.50 bits per heavy atom. The average Bonchev–Trinajstić information content (AvgIpc) is 1.94. The Kier molecular flexibility index (Phi) is 5.49. The highest BCUT2D eigenvalue weighted by Crippen LogP contribution is 2.05. The van der Waals surface area contributed by atoms with Crippen LogP contribution in [0.5, 0.6) is 0 Å². The van der Waals surface area contributed by atoms with Gasteiger partial charge in [0.25, 0.3) is 0 Å². The molecule has 3 N–H and O–H groups in total. The van der Waals surface area contributed by atoms with E-state index in [1.54, 1.807) is 6.92 Å². The molecule has 0 heterocycles. The van der Waals surface area contributed by atoms with Gasteiger partial charge in [-0.1, -0.05) is 0 Å². The molecule has 1 amide bonds. The zero-order valence-electron chi connectivity index (χ0n) is 9.29. The number of carbonyl (C=O) groups is 1. The van der Waals surface area contributed by atoms with Crippen molar-refractivity contribution in [2.24, 2.45) is 5.73 Å². The smallest absolute Gasteiger partial charge is 0.407 e. The summed E-state index contributed by atoms with van der Waals surface area (Å²) in [5.41, 5.74) is 4.88. The maximum Gasteiger partial charge on any atom is 0.407 e. The zero-order valence-corrected chi connectivity index (χ0v) is 9.29. The van der Waals surface area contributed by atoms with E-state index in [0.29, 0.717) is 13.2 Å². The molecule has 0 aliphatic rings. The fraction of sp³-hybridized carbons (Fsp3) is 0.889. The Morgan fingerprint density at radius 3 is 2.50 bits per heavy atom. The van der Waals surface area contributed by atoms with Gasteiger partial charge in [0.15, 0.2) is 0 Å². The third kappa shape index (κ3) is 9.28. The molecule has 84 valence electrons. The highest BCUT2D eigenvalue weighted by atomic mass is 16.6. The third-order valence-electron chi connectivity index (χ3n) is 1.15. The summed E-state index contributed by atoms with van der Waals surface area (Å²) in [5.74, 6) is 0. The predicted octanol–water partition coefficient (Wildman–Crippen LogP) is 0.832. The van der Waals surface area contributed by atoms with E-state index in [0.717, 1.165) is 0 Å². The summed E-state index contributed by atoms with van der Waals surface area (Å²) in [6.07, 6.45) is -0.749. The second kappa shape index (κ2) is 5.82. The number of ether oxygens (including phenoxy) is 2. The van der Waals surface area contributed by atoms with E-state index in [4.69, 9.17) is 15.2 Å². The van der Waals surface area contributed by atoms with Gasteiger partial charge in [-0.3, -0.25) is 0 Å². The van der Waals surface area contributed by atoms with Crippen LogP contribution in [0.1, 0.15) is 27.7 Å². The predicted molar refractivity (Wildman–Crippen MR) is 53.8 cm³/mol. The summed E-state index contributed by atoms with van der Waals surface area (Å²) in [6, 6.07) is 0. The van der Waals surface area contributed by atoms with Crippen LogP contribution in [-0.2, 0) is 9.47 Å². The number of nitrogens with one attached hydrogen (secondary N) is 1. The van der Waals surface area contributed by atoms with Crippen LogP contribution in [0.3, 0.4) is 0 Å². The second-order valence-electron chi connectivity index (χ2n) is 4.00. The third-order valence-corrected chi connectivity index (χ3v) is 1.15. The number of alkyl carbamates (subject to hydrolysis) is 1. The Morgan fingerprint density at radius 2 is 2.07 bits per heavy atom. The molecular formula is C9H20N2O3. The number of hydrogen-bond donors (Lipinski definition) is 2. The van der Waals surface area contributed by atoms with Crippen LogP contribution in [0.15, 0.2) is 0 Å². The van der Waals surface area contributed by atoms with Gasteiger partial charge in [0.1, 0.15) is 11.8 Å². The first-order chi connectivity index (χ1) is 6.31. The molecule has 5 nitrogen and oxygen atoms in total. The molecule has 0 aromatic rings. The van der Waals surface area contributed by atoms with Crippen LogP contribution in [0.25, 0.3) is 0 Å². The zero-order chi connectivity index (χ0) is 11.2. The molecular weight excluding hydrogens is 184 g/mol. The van der Waals surface area contributed by atoms with Gasteiger partial charge in [-0.05, 0) is 27.7 Å². The van der Waals surface area contributed by atoms with Gasteiger partial charge in [-0.2, -0.15) is 0 Å². The molecule has 0 fully saturated rings. The maximum atomic E-state index is 11.1. The molecule has 0 aliphatic carbocycles. The summed E-state index contributed by atoms with van der Waals surface area (Å²) in [6.45, 7) is 7.95. The van der Waals surface area contributed by atoms with Crippen LogP contribution in [0, 0.1) is 0 Å². The highest BCUT2D eigenvalue weighted by molar-refractivity contribution is 5.67. The molecule has 0 spiro atoms. The Bertz CT molecular complexity index is 175. The minimum atomic E-state index is -0.466. The lowest BCUT2D eigenvalue weighted by molar-refractivity contribution is 0.0443. The Balaban J connectivity index is 3.46. The SMILES string of the molecule is CC(N)OCCNC(=O)OC(C)(C)C. The van der Waals surface area contributed by atoms with Crippen molar-refractivity contribution in [1.29, 1.82) is 0 Å². The topological polar surface area (TPSA) is 73.6 Å². The summed E-state index contributed by atoms with van der Waals surface area (Å²) in [7, 11) is 0. The Labute approximate surface area is 84.9 Å². The fourth-order valence-corrected chi connectivity index (χ4v) is 0.712. The summed E-state index contributed by atoms with van der Waals surface area (Å²) < 4.78 is 10.0. The highest BCUT2D eigenvalue weighted by Gasteiger charge is 2.15. The van der Waals surface area contributed by atoms with E-state index in [9.17, 15) is 4.79 Å². The van der Waals surface area contributed by atoms with E-state index in [1.807, 2.05) is 20.8 Å². The van der Waals surface area contributed by atoms with Gasteiger partial charge < -0.3 is 20.5 Å². The first-order valence-electron chi connectivity index (χ1n) is 4.65. The molecule has 0 radical (unpaired) electrons. The van der Waals surface area contributed by atoms with Gasteiger partial charge >= 0.3 is 6.09 Å². The molecule has 0 saturated carbocycles. The number of nitrogens with two attached hydrogens (primary N) is 1. The standard InChI is InChI=1S/C9H20N2O3/c1-7(10)13-6-5-11-8(12)14-9(2,3)4/h7H,5-6,10H2,1-4H3,(H,11,12). The monoisotopic (exact) mass is 204 g/mol. The lowest BCUT2D eigenvalue weighted by Crippen LogP contribution is -2.35. The second-order valence-corrected chi connectivity index (χ2v) is 4.00. The van der Waals surface area contributed by atoms with Gasteiger partial charge in [0.2, 0.25) is 0 Å². The van der Waals surface area contributed by atoms with E-state index in [-0.39, 0.29) is 6.23 Å². The van der Waals surface area contributed by atoms with Crippen LogP contribution in [0.4, 0.5) is 4.79 Å². The number of amides is 1. The van der Waals surface area contributed by atoms with Crippen molar-refractivity contribution in [3.8, 4) is 0 Å². The van der Waals surface area contributed by atoms with E-state index in [2.05, 4.69) is 5.32 Å². The maximum absolute atomic E-state index is 11.1. The van der Waals surface area contributed by atoms with Crippen LogP contribution in [-0.4, -0.2) is 31.1 Å². The normalized spacial score (nSPS) is 13.5. The van der Waals surface area contributed by atoms with E-state index < -0.39 is 11.7 Å². The summed E-state index contributed by atoms with van der Waals surface area (Å²) in [5, 5.41) is 2.55. The van der Waals surface area contributed by atoms with Crippen molar-refractivity contribution in [3.05, 3.63) is 0 Å². The van der Waals surface area contributed by atoms with Crippen molar-refractivity contribution in [2.45, 2.75) is 39.5 Å². The van der Waals surface area contributed by atoms with Crippen LogP contribution >= 0.6 is 0 Å². The van der Waals surface area contributed by atoms with Crippen molar-refractivity contribution in [3.63, 3.8) is 0 Å². The fourth-order valence-electron chi connectivity index (χ4n) is 0.712. The van der Waals surface area contributed by atoms with Gasteiger partial charge in [-0.15, -0.1) is 0 Å². The van der Waals surface area contributed by atoms with Crippen molar-refractivity contribution in [1.82, 2.24) is 5.32 Å². The summed E-state index contributed by atoms with van der Waals surface area (Å²) >= 11 is 0. The molecule has 0 saturated heterocycles. The molecule has 1 atom stereocenters. The van der Waals surface area contributed by atoms with E-state index in [1.165, 1.54) is 0 Å². The number of rotatable bonds is 4. The first-order valence-corrected chi connectivity index (χ1v) is 4.65. The summed E-state index contributed by atoms with van der Waals surface area (Å²) in [4.78, 5) is 11.1. The number of carbonyl (C=O) groups excluding carboxylic acids is 1. The average molecular weight is 204 g/mol. The quantitative estimate of drug-likeness (QED) is 0.525. The molecule has 1 unspecified atom stereocenters. The van der Waals surface area contributed by atoms with Gasteiger partial charge in [0, 0.05) is 6.54 Å². The molecule has 0 rings (SSSR count). The minimum Gasteiger partial charge on any atom is -0.444 e. The van der Waals surface area contributed by atoms with E-state index >= 15 is 0 Å². The lowest BCUT2D eigenvalue weighted by atomic mass is 10.2. The molecule has 0 aromatic heterocycles.